The lowest BCUT2D eigenvalue weighted by Gasteiger charge is -2.24. The Kier molecular flexibility index (Phi) is 4.32. The Morgan fingerprint density at radius 1 is 1.05 bits per heavy atom. The topological polar surface area (TPSA) is 78.6 Å². The third-order valence-electron chi connectivity index (χ3n) is 2.36. The number of esters is 1. The number of carbonyl (C=O) groups excluding carboxylic acids is 2. The van der Waals surface area contributed by atoms with Crippen molar-refractivity contribution in [2.24, 2.45) is 5.73 Å². The van der Waals surface area contributed by atoms with Crippen molar-refractivity contribution < 1.29 is 19.1 Å². The number of ether oxygens (including phenoxy) is 2. The molecule has 1 unspecified atom stereocenters. The zero-order valence-electron chi connectivity index (χ0n) is 11.6. The largest absolute Gasteiger partial charge is 0.516 e. The number of carbonyl (C=O) groups is 2. The smallest absolute Gasteiger partial charge is 0.428 e. The van der Waals surface area contributed by atoms with Crippen molar-refractivity contribution in [1.82, 2.24) is 0 Å². The molecule has 1 atom stereocenters. The van der Waals surface area contributed by atoms with Gasteiger partial charge in [-0.25, -0.2) is 9.59 Å². The van der Waals surface area contributed by atoms with Gasteiger partial charge >= 0.3 is 12.1 Å². The molecule has 5 heteroatoms. The summed E-state index contributed by atoms with van der Waals surface area (Å²) in [6.07, 6.45) is -1.05. The van der Waals surface area contributed by atoms with Gasteiger partial charge in [0.05, 0.1) is 0 Å². The molecule has 2 N–H and O–H groups in total. The van der Waals surface area contributed by atoms with Crippen LogP contribution in [-0.4, -0.2) is 17.7 Å². The first kappa shape index (κ1) is 15.2. The zero-order valence-corrected chi connectivity index (χ0v) is 11.6. The van der Waals surface area contributed by atoms with E-state index in [2.05, 4.69) is 4.74 Å². The summed E-state index contributed by atoms with van der Waals surface area (Å²) in [7, 11) is 0. The van der Waals surface area contributed by atoms with E-state index < -0.39 is 23.3 Å². The monoisotopic (exact) mass is 265 g/mol. The van der Waals surface area contributed by atoms with Gasteiger partial charge in [-0.15, -0.1) is 0 Å². The first-order valence-electron chi connectivity index (χ1n) is 5.92. The van der Waals surface area contributed by atoms with Gasteiger partial charge in [-0.1, -0.05) is 30.3 Å². The number of hydrogen-bond donors (Lipinski definition) is 1. The molecule has 0 spiro atoms. The molecule has 0 heterocycles. The fourth-order valence-electron chi connectivity index (χ4n) is 1.35. The second kappa shape index (κ2) is 5.40. The minimum absolute atomic E-state index is 0.559. The van der Waals surface area contributed by atoms with Crippen LogP contribution in [0, 0.1) is 0 Å². The van der Waals surface area contributed by atoms with Gasteiger partial charge in [0.2, 0.25) is 0 Å². The third-order valence-corrected chi connectivity index (χ3v) is 2.36. The Hall–Kier alpha value is -1.88. The highest BCUT2D eigenvalue weighted by Crippen LogP contribution is 2.20. The minimum atomic E-state index is -1.40. The second-order valence-electron chi connectivity index (χ2n) is 5.42. The average Bonchev–Trinajstić information content (AvgIpc) is 2.27. The van der Waals surface area contributed by atoms with Crippen molar-refractivity contribution in [3.63, 3.8) is 0 Å². The van der Waals surface area contributed by atoms with E-state index in [0.29, 0.717) is 5.56 Å². The quantitative estimate of drug-likeness (QED) is 0.656. The summed E-state index contributed by atoms with van der Waals surface area (Å²) in [4.78, 5) is 23.3. The Morgan fingerprint density at radius 2 is 1.58 bits per heavy atom. The van der Waals surface area contributed by atoms with Crippen molar-refractivity contribution in [2.45, 2.75) is 38.8 Å². The van der Waals surface area contributed by atoms with Gasteiger partial charge < -0.3 is 15.2 Å². The van der Waals surface area contributed by atoms with Crippen LogP contribution in [0.4, 0.5) is 4.79 Å². The molecule has 0 amide bonds. The van der Waals surface area contributed by atoms with Gasteiger partial charge in [0.25, 0.3) is 0 Å². The fraction of sp³-hybridized carbons (Fsp3) is 0.429. The third kappa shape index (κ3) is 4.37. The minimum Gasteiger partial charge on any atom is -0.428 e. The molecule has 19 heavy (non-hydrogen) atoms. The van der Waals surface area contributed by atoms with Crippen molar-refractivity contribution >= 4 is 12.1 Å². The molecule has 0 saturated carbocycles. The summed E-state index contributed by atoms with van der Waals surface area (Å²) in [5.41, 5.74) is 4.34. The molecule has 0 radical (unpaired) electrons. The lowest BCUT2D eigenvalue weighted by Crippen LogP contribution is -2.44. The van der Waals surface area contributed by atoms with Gasteiger partial charge in [-0.2, -0.15) is 0 Å². The SMILES string of the molecule is CC(C)(C)OC(=O)OC(=O)C(C)(N)c1ccccc1. The standard InChI is InChI=1S/C14H19NO4/c1-13(2,3)19-12(17)18-11(16)14(4,15)10-8-6-5-7-9-10/h5-9H,15H2,1-4H3. The van der Waals surface area contributed by atoms with Crippen LogP contribution in [-0.2, 0) is 19.8 Å². The number of nitrogens with two attached hydrogens (primary N) is 1. The maximum absolute atomic E-state index is 11.9. The van der Waals surface area contributed by atoms with E-state index in [-0.39, 0.29) is 0 Å². The van der Waals surface area contributed by atoms with Crippen LogP contribution < -0.4 is 5.73 Å². The molecule has 104 valence electrons. The molecule has 0 bridgehead atoms. The molecule has 1 aromatic carbocycles. The van der Waals surface area contributed by atoms with Crippen LogP contribution in [0.2, 0.25) is 0 Å². The number of rotatable bonds is 2. The zero-order chi connectivity index (χ0) is 14.7. The Labute approximate surface area is 112 Å². The molecule has 0 aliphatic heterocycles. The number of hydrogen-bond acceptors (Lipinski definition) is 5. The van der Waals surface area contributed by atoms with Crippen LogP contribution in [0.25, 0.3) is 0 Å². The van der Waals surface area contributed by atoms with Crippen LogP contribution in [0.15, 0.2) is 30.3 Å². The molecule has 0 aliphatic rings. The van der Waals surface area contributed by atoms with Gasteiger partial charge in [-0.05, 0) is 33.3 Å². The predicted molar refractivity (Wildman–Crippen MR) is 70.3 cm³/mol. The molecule has 1 aromatic rings. The molecule has 0 saturated heterocycles. The van der Waals surface area contributed by atoms with E-state index in [0.717, 1.165) is 0 Å². The van der Waals surface area contributed by atoms with Gasteiger partial charge in [0, 0.05) is 0 Å². The molecular formula is C14H19NO4. The maximum atomic E-state index is 11.9. The van der Waals surface area contributed by atoms with E-state index >= 15 is 0 Å². The normalized spacial score (nSPS) is 14.4. The summed E-state index contributed by atoms with van der Waals surface area (Å²) >= 11 is 0. The van der Waals surface area contributed by atoms with Crippen molar-refractivity contribution in [2.75, 3.05) is 0 Å². The molecule has 0 aromatic heterocycles. The molecule has 1 rings (SSSR count). The summed E-state index contributed by atoms with van der Waals surface area (Å²) in [6, 6.07) is 8.69. The highest BCUT2D eigenvalue weighted by molar-refractivity contribution is 5.89. The number of benzene rings is 1. The van der Waals surface area contributed by atoms with Gasteiger partial charge in [0.1, 0.15) is 11.1 Å². The first-order chi connectivity index (χ1) is 8.63. The first-order valence-corrected chi connectivity index (χ1v) is 5.92. The maximum Gasteiger partial charge on any atom is 0.516 e. The summed E-state index contributed by atoms with van der Waals surface area (Å²) < 4.78 is 9.52. The van der Waals surface area contributed by atoms with Crippen molar-refractivity contribution in [3.05, 3.63) is 35.9 Å². The van der Waals surface area contributed by atoms with Crippen LogP contribution in [0.1, 0.15) is 33.3 Å². The Bertz CT molecular complexity index is 460. The van der Waals surface area contributed by atoms with Gasteiger partial charge in [-0.3, -0.25) is 0 Å². The van der Waals surface area contributed by atoms with E-state index in [9.17, 15) is 9.59 Å². The molecule has 0 fully saturated rings. The highest BCUT2D eigenvalue weighted by Gasteiger charge is 2.35. The fourth-order valence-corrected chi connectivity index (χ4v) is 1.35. The van der Waals surface area contributed by atoms with Crippen molar-refractivity contribution in [1.29, 1.82) is 0 Å². The summed E-state index contributed by atoms with van der Waals surface area (Å²) in [5, 5.41) is 0. The molecular weight excluding hydrogens is 246 g/mol. The van der Waals surface area contributed by atoms with E-state index in [1.54, 1.807) is 51.1 Å². The second-order valence-corrected chi connectivity index (χ2v) is 5.42. The Morgan fingerprint density at radius 3 is 2.05 bits per heavy atom. The van der Waals surface area contributed by atoms with E-state index in [1.165, 1.54) is 6.92 Å². The van der Waals surface area contributed by atoms with E-state index in [1.807, 2.05) is 0 Å². The Balaban J connectivity index is 2.75. The lowest BCUT2D eigenvalue weighted by atomic mass is 9.93. The molecule has 0 aliphatic carbocycles. The van der Waals surface area contributed by atoms with Crippen LogP contribution >= 0.6 is 0 Å². The van der Waals surface area contributed by atoms with Crippen molar-refractivity contribution in [3.8, 4) is 0 Å². The predicted octanol–water partition coefficient (Wildman–Crippen LogP) is 2.34. The summed E-state index contributed by atoms with van der Waals surface area (Å²) in [5.74, 6) is -0.854. The highest BCUT2D eigenvalue weighted by atomic mass is 16.7. The van der Waals surface area contributed by atoms with Crippen LogP contribution in [0.5, 0.6) is 0 Å². The summed E-state index contributed by atoms with van der Waals surface area (Å²) in [6.45, 7) is 6.52. The van der Waals surface area contributed by atoms with E-state index in [4.69, 9.17) is 10.5 Å². The van der Waals surface area contributed by atoms with Crippen LogP contribution in [0.3, 0.4) is 0 Å². The van der Waals surface area contributed by atoms with Gasteiger partial charge in [0.15, 0.2) is 0 Å². The molecule has 5 nitrogen and oxygen atoms in total. The lowest BCUT2D eigenvalue weighted by molar-refractivity contribution is -0.147. The average molecular weight is 265 g/mol.